The maximum atomic E-state index is 10.8. The van der Waals surface area contributed by atoms with E-state index in [0.29, 0.717) is 0 Å². The Labute approximate surface area is 84.9 Å². The van der Waals surface area contributed by atoms with Crippen molar-refractivity contribution in [3.05, 3.63) is 27.8 Å². The number of hydrogen-bond donors (Lipinski definition) is 2. The molecule has 0 spiro atoms. The van der Waals surface area contributed by atoms with Gasteiger partial charge in [-0.1, -0.05) is 0 Å². The fraction of sp³-hybridized carbons (Fsp3) is 0.143. The van der Waals surface area contributed by atoms with Crippen LogP contribution in [0.3, 0.4) is 0 Å². The summed E-state index contributed by atoms with van der Waals surface area (Å²) in [7, 11) is -4.58. The molecule has 0 aromatic heterocycles. The number of hydrogen-bond acceptors (Lipinski definition) is 5. The Kier molecular flexibility index (Phi) is 2.65. The van der Waals surface area contributed by atoms with E-state index in [1.165, 1.54) is 6.92 Å². The molecule has 82 valence electrons. The van der Waals surface area contributed by atoms with E-state index < -0.39 is 31.4 Å². The van der Waals surface area contributed by atoms with E-state index in [4.69, 9.17) is 9.66 Å². The summed E-state index contributed by atoms with van der Waals surface area (Å²) in [5.74, 6) is -0.597. The van der Waals surface area contributed by atoms with Crippen molar-refractivity contribution >= 4 is 15.8 Å². The third-order valence-corrected chi connectivity index (χ3v) is 2.77. The van der Waals surface area contributed by atoms with Crippen LogP contribution < -0.4 is 0 Å². The second-order valence-electron chi connectivity index (χ2n) is 2.82. The predicted octanol–water partition coefficient (Wildman–Crippen LogP) is 0.856. The second-order valence-corrected chi connectivity index (χ2v) is 4.21. The van der Waals surface area contributed by atoms with Crippen LogP contribution in [-0.2, 0) is 10.1 Å². The zero-order valence-electron chi connectivity index (χ0n) is 7.54. The third-order valence-electron chi connectivity index (χ3n) is 1.79. The van der Waals surface area contributed by atoms with Gasteiger partial charge in [-0.15, -0.1) is 0 Å². The molecule has 0 fully saturated rings. The average molecular weight is 233 g/mol. The van der Waals surface area contributed by atoms with Gasteiger partial charge in [0.15, 0.2) is 0 Å². The summed E-state index contributed by atoms with van der Waals surface area (Å²) in [5, 5.41) is 19.5. The molecule has 0 amide bonds. The summed E-state index contributed by atoms with van der Waals surface area (Å²) in [5.41, 5.74) is -0.789. The summed E-state index contributed by atoms with van der Waals surface area (Å²) in [6, 6.07) is 1.56. The van der Waals surface area contributed by atoms with Gasteiger partial charge in [0.2, 0.25) is 0 Å². The lowest BCUT2D eigenvalue weighted by Gasteiger charge is -2.03. The van der Waals surface area contributed by atoms with Crippen molar-refractivity contribution in [1.82, 2.24) is 0 Å². The Morgan fingerprint density at radius 2 is 1.93 bits per heavy atom. The molecule has 0 unspecified atom stereocenters. The van der Waals surface area contributed by atoms with Gasteiger partial charge in [-0.3, -0.25) is 14.7 Å². The van der Waals surface area contributed by atoms with E-state index in [0.717, 1.165) is 12.1 Å². The average Bonchev–Trinajstić information content (AvgIpc) is 2.06. The summed E-state index contributed by atoms with van der Waals surface area (Å²) in [4.78, 5) is 8.96. The van der Waals surface area contributed by atoms with Crippen LogP contribution in [0.2, 0.25) is 0 Å². The van der Waals surface area contributed by atoms with Crippen LogP contribution in [0.25, 0.3) is 0 Å². The summed E-state index contributed by atoms with van der Waals surface area (Å²) in [6.45, 7) is 1.17. The molecule has 0 bridgehead atoms. The van der Waals surface area contributed by atoms with Gasteiger partial charge in [0, 0.05) is 11.6 Å². The first kappa shape index (κ1) is 11.4. The molecule has 7 nitrogen and oxygen atoms in total. The molecular weight excluding hydrogens is 226 g/mol. The van der Waals surface area contributed by atoms with Crippen LogP contribution in [0, 0.1) is 17.0 Å². The molecule has 0 aliphatic heterocycles. The Hall–Kier alpha value is -1.67. The molecule has 0 saturated heterocycles. The Morgan fingerprint density at radius 1 is 1.40 bits per heavy atom. The Bertz CT molecular complexity index is 521. The normalized spacial score (nSPS) is 11.3. The topological polar surface area (TPSA) is 118 Å². The van der Waals surface area contributed by atoms with Gasteiger partial charge in [0.05, 0.1) is 11.0 Å². The highest BCUT2D eigenvalue weighted by molar-refractivity contribution is 7.85. The van der Waals surface area contributed by atoms with Crippen molar-refractivity contribution in [2.24, 2.45) is 0 Å². The lowest BCUT2D eigenvalue weighted by atomic mass is 10.2. The summed E-state index contributed by atoms with van der Waals surface area (Å²) >= 11 is 0. The minimum absolute atomic E-state index is 0.222. The number of phenols is 1. The lowest BCUT2D eigenvalue weighted by molar-refractivity contribution is -0.385. The van der Waals surface area contributed by atoms with Crippen LogP contribution in [0.5, 0.6) is 5.75 Å². The molecule has 8 heteroatoms. The van der Waals surface area contributed by atoms with Crippen molar-refractivity contribution < 1.29 is 23.0 Å². The smallest absolute Gasteiger partial charge is 0.295 e. The fourth-order valence-electron chi connectivity index (χ4n) is 1.12. The molecule has 1 rings (SSSR count). The molecular formula is C7H7NO6S. The molecule has 0 radical (unpaired) electrons. The zero-order valence-corrected chi connectivity index (χ0v) is 8.35. The van der Waals surface area contributed by atoms with Crippen LogP contribution in [0.15, 0.2) is 17.0 Å². The molecule has 0 atom stereocenters. The van der Waals surface area contributed by atoms with Crippen molar-refractivity contribution in [1.29, 1.82) is 0 Å². The van der Waals surface area contributed by atoms with E-state index in [9.17, 15) is 18.5 Å². The van der Waals surface area contributed by atoms with Gasteiger partial charge in [0.1, 0.15) is 10.6 Å². The second kappa shape index (κ2) is 3.48. The minimum atomic E-state index is -4.58. The van der Waals surface area contributed by atoms with Crippen molar-refractivity contribution in [3.8, 4) is 5.75 Å². The van der Waals surface area contributed by atoms with Crippen molar-refractivity contribution in [2.45, 2.75) is 11.8 Å². The lowest BCUT2D eigenvalue weighted by Crippen LogP contribution is -2.03. The van der Waals surface area contributed by atoms with Crippen LogP contribution in [0.4, 0.5) is 5.69 Å². The van der Waals surface area contributed by atoms with Gasteiger partial charge in [-0.2, -0.15) is 8.42 Å². The van der Waals surface area contributed by atoms with E-state index >= 15 is 0 Å². The molecule has 0 aliphatic rings. The standard InChI is InChI=1S/C7H7NO6S/c1-4-6(8(10)11)2-5(9)3-7(4)15(12,13)14/h2-3,9H,1H3,(H,12,13,14). The Morgan fingerprint density at radius 3 is 2.33 bits per heavy atom. The molecule has 0 saturated carbocycles. The summed E-state index contributed by atoms with van der Waals surface area (Å²) < 4.78 is 30.3. The van der Waals surface area contributed by atoms with E-state index in [1.807, 2.05) is 0 Å². The van der Waals surface area contributed by atoms with Crippen molar-refractivity contribution in [2.75, 3.05) is 0 Å². The number of nitro groups is 1. The van der Waals surface area contributed by atoms with Gasteiger partial charge in [0.25, 0.3) is 15.8 Å². The zero-order chi connectivity index (χ0) is 11.8. The number of nitro benzene ring substituents is 1. The number of benzene rings is 1. The highest BCUT2D eigenvalue weighted by Crippen LogP contribution is 2.29. The quantitative estimate of drug-likeness (QED) is 0.444. The molecule has 1 aromatic carbocycles. The maximum Gasteiger partial charge on any atom is 0.295 e. The Balaban J connectivity index is 3.63. The van der Waals surface area contributed by atoms with Crippen LogP contribution in [-0.4, -0.2) is 23.0 Å². The first-order valence-electron chi connectivity index (χ1n) is 3.69. The maximum absolute atomic E-state index is 10.8. The summed E-state index contributed by atoms with van der Waals surface area (Å²) in [6.07, 6.45) is 0. The molecule has 0 heterocycles. The first-order valence-corrected chi connectivity index (χ1v) is 5.13. The highest BCUT2D eigenvalue weighted by atomic mass is 32.2. The van der Waals surface area contributed by atoms with Gasteiger partial charge in [-0.05, 0) is 6.92 Å². The van der Waals surface area contributed by atoms with E-state index in [-0.39, 0.29) is 5.56 Å². The molecule has 2 N–H and O–H groups in total. The largest absolute Gasteiger partial charge is 0.508 e. The van der Waals surface area contributed by atoms with Crippen molar-refractivity contribution in [3.63, 3.8) is 0 Å². The third kappa shape index (κ3) is 2.22. The van der Waals surface area contributed by atoms with Gasteiger partial charge < -0.3 is 5.11 Å². The van der Waals surface area contributed by atoms with E-state index in [1.54, 1.807) is 0 Å². The predicted molar refractivity (Wildman–Crippen MR) is 49.3 cm³/mol. The molecule has 15 heavy (non-hydrogen) atoms. The van der Waals surface area contributed by atoms with Gasteiger partial charge in [-0.25, -0.2) is 0 Å². The number of nitrogens with zero attached hydrogens (tertiary/aromatic N) is 1. The number of phenolic OH excluding ortho intramolecular Hbond substituents is 1. The number of rotatable bonds is 2. The van der Waals surface area contributed by atoms with Crippen LogP contribution >= 0.6 is 0 Å². The number of aromatic hydroxyl groups is 1. The van der Waals surface area contributed by atoms with Crippen LogP contribution in [0.1, 0.15) is 5.56 Å². The SMILES string of the molecule is Cc1c([N+](=O)[O-])cc(O)cc1S(=O)(=O)O. The molecule has 0 aliphatic carbocycles. The molecule has 1 aromatic rings. The van der Waals surface area contributed by atoms with E-state index in [2.05, 4.69) is 0 Å². The van der Waals surface area contributed by atoms with Gasteiger partial charge >= 0.3 is 0 Å². The fourth-order valence-corrected chi connectivity index (χ4v) is 1.88. The first-order chi connectivity index (χ1) is 6.73. The minimum Gasteiger partial charge on any atom is -0.508 e. The monoisotopic (exact) mass is 233 g/mol. The highest BCUT2D eigenvalue weighted by Gasteiger charge is 2.22.